The molecule has 1 aliphatic rings. The fourth-order valence-electron chi connectivity index (χ4n) is 2.56. The lowest BCUT2D eigenvalue weighted by Crippen LogP contribution is -2.14. The zero-order chi connectivity index (χ0) is 16.1. The molecule has 0 fully saturated rings. The van der Waals surface area contributed by atoms with Gasteiger partial charge in [-0.3, -0.25) is 14.9 Å². The van der Waals surface area contributed by atoms with Crippen LogP contribution >= 0.6 is 0 Å². The maximum atomic E-state index is 11.5. The summed E-state index contributed by atoms with van der Waals surface area (Å²) in [4.78, 5) is 25.8. The van der Waals surface area contributed by atoms with Crippen molar-refractivity contribution in [2.75, 3.05) is 12.3 Å². The number of carbonyl (C=O) groups is 1. The van der Waals surface area contributed by atoms with E-state index in [4.69, 9.17) is 10.5 Å². The smallest absolute Gasteiger partial charge is 0.311 e. The van der Waals surface area contributed by atoms with E-state index in [-0.39, 0.29) is 23.4 Å². The number of esters is 1. The first-order valence-corrected chi connectivity index (χ1v) is 7.27. The van der Waals surface area contributed by atoms with Gasteiger partial charge in [-0.05, 0) is 43.7 Å². The SMILES string of the molecule is CCOC(=O)CC1CC=C(c2ccc([N+](=O)[O-])c(N)n2)CC1. The number of carbonyl (C=O) groups excluding carboxylic acids is 1. The standard InChI is InChI=1S/C15H19N3O4/c1-2-22-14(19)9-10-3-5-11(6-4-10)12-7-8-13(18(20)21)15(16)17-12/h5,7-8,10H,2-4,6,9H2,1H3,(H2,16,17). The number of anilines is 1. The number of nitrogens with zero attached hydrogens (tertiary/aromatic N) is 2. The van der Waals surface area contributed by atoms with Crippen LogP contribution in [0, 0.1) is 16.0 Å². The van der Waals surface area contributed by atoms with Gasteiger partial charge in [-0.25, -0.2) is 4.98 Å². The lowest BCUT2D eigenvalue weighted by Gasteiger charge is -2.21. The molecule has 118 valence electrons. The topological polar surface area (TPSA) is 108 Å². The van der Waals surface area contributed by atoms with Crippen molar-refractivity contribution in [1.82, 2.24) is 4.98 Å². The zero-order valence-corrected chi connectivity index (χ0v) is 12.4. The van der Waals surface area contributed by atoms with E-state index in [0.717, 1.165) is 24.8 Å². The molecule has 0 bridgehead atoms. The summed E-state index contributed by atoms with van der Waals surface area (Å²) in [5, 5.41) is 10.7. The largest absolute Gasteiger partial charge is 0.466 e. The molecule has 7 nitrogen and oxygen atoms in total. The van der Waals surface area contributed by atoms with Crippen molar-refractivity contribution in [2.24, 2.45) is 5.92 Å². The summed E-state index contributed by atoms with van der Waals surface area (Å²) in [6.45, 7) is 2.19. The van der Waals surface area contributed by atoms with E-state index >= 15 is 0 Å². The number of hydrogen-bond donors (Lipinski definition) is 1. The van der Waals surface area contributed by atoms with Gasteiger partial charge in [0.25, 0.3) is 0 Å². The van der Waals surface area contributed by atoms with Gasteiger partial charge in [0.15, 0.2) is 0 Å². The number of nitrogen functional groups attached to an aromatic ring is 1. The van der Waals surface area contributed by atoms with Gasteiger partial charge in [-0.1, -0.05) is 6.08 Å². The first kappa shape index (κ1) is 15.9. The Kier molecular flexibility index (Phi) is 5.08. The molecule has 0 aliphatic heterocycles. The van der Waals surface area contributed by atoms with Gasteiger partial charge in [-0.15, -0.1) is 0 Å². The minimum absolute atomic E-state index is 0.0722. The first-order chi connectivity index (χ1) is 10.5. The molecule has 1 unspecified atom stereocenters. The third-order valence-corrected chi connectivity index (χ3v) is 3.71. The molecule has 1 aromatic heterocycles. The van der Waals surface area contributed by atoms with Crippen LogP contribution in [0.15, 0.2) is 18.2 Å². The van der Waals surface area contributed by atoms with Crippen molar-refractivity contribution >= 4 is 23.0 Å². The highest BCUT2D eigenvalue weighted by molar-refractivity contribution is 5.71. The number of hydrogen-bond acceptors (Lipinski definition) is 6. The molecule has 0 spiro atoms. The van der Waals surface area contributed by atoms with Crippen LogP contribution in [0.4, 0.5) is 11.5 Å². The van der Waals surface area contributed by atoms with Gasteiger partial charge in [0, 0.05) is 12.5 Å². The summed E-state index contributed by atoms with van der Waals surface area (Å²) in [6, 6.07) is 3.00. The normalized spacial score (nSPS) is 17.7. The third kappa shape index (κ3) is 3.81. The minimum Gasteiger partial charge on any atom is -0.466 e. The Hall–Kier alpha value is -2.44. The molecule has 2 rings (SSSR count). The van der Waals surface area contributed by atoms with Gasteiger partial charge in [0.05, 0.1) is 17.2 Å². The van der Waals surface area contributed by atoms with Crippen LogP contribution in [0.5, 0.6) is 0 Å². The summed E-state index contributed by atoms with van der Waals surface area (Å²) in [7, 11) is 0. The number of nitrogens with two attached hydrogens (primary N) is 1. The highest BCUT2D eigenvalue weighted by Gasteiger charge is 2.21. The van der Waals surface area contributed by atoms with Crippen LogP contribution in [-0.2, 0) is 9.53 Å². The second-order valence-electron chi connectivity index (χ2n) is 5.24. The summed E-state index contributed by atoms with van der Waals surface area (Å²) in [5.41, 5.74) is 7.11. The van der Waals surface area contributed by atoms with E-state index in [1.165, 1.54) is 6.07 Å². The van der Waals surface area contributed by atoms with E-state index in [0.29, 0.717) is 18.7 Å². The lowest BCUT2D eigenvalue weighted by molar-refractivity contribution is -0.384. The van der Waals surface area contributed by atoms with Crippen LogP contribution in [-0.4, -0.2) is 22.5 Å². The van der Waals surface area contributed by atoms with E-state index in [9.17, 15) is 14.9 Å². The number of nitro groups is 1. The average Bonchev–Trinajstić information content (AvgIpc) is 2.47. The number of ether oxygens (including phenoxy) is 1. The first-order valence-electron chi connectivity index (χ1n) is 7.27. The van der Waals surface area contributed by atoms with Crippen molar-refractivity contribution in [2.45, 2.75) is 32.6 Å². The van der Waals surface area contributed by atoms with Crippen LogP contribution in [0.1, 0.15) is 38.3 Å². The molecule has 22 heavy (non-hydrogen) atoms. The molecule has 1 aliphatic carbocycles. The van der Waals surface area contributed by atoms with Gasteiger partial charge in [-0.2, -0.15) is 0 Å². The molecule has 2 N–H and O–H groups in total. The summed E-state index contributed by atoms with van der Waals surface area (Å²) >= 11 is 0. The Bertz CT molecular complexity index is 613. The minimum atomic E-state index is -0.545. The molecule has 1 atom stereocenters. The van der Waals surface area contributed by atoms with Gasteiger partial charge < -0.3 is 10.5 Å². The second-order valence-corrected chi connectivity index (χ2v) is 5.24. The summed E-state index contributed by atoms with van der Waals surface area (Å²) < 4.78 is 4.96. The summed E-state index contributed by atoms with van der Waals surface area (Å²) in [6.07, 6.45) is 4.86. The molecule has 0 saturated carbocycles. The molecule has 7 heteroatoms. The van der Waals surface area contributed by atoms with E-state index in [1.54, 1.807) is 13.0 Å². The Morgan fingerprint density at radius 3 is 2.86 bits per heavy atom. The van der Waals surface area contributed by atoms with Crippen molar-refractivity contribution in [3.05, 3.63) is 34.0 Å². The molecule has 1 heterocycles. The highest BCUT2D eigenvalue weighted by atomic mass is 16.6. The average molecular weight is 305 g/mol. The van der Waals surface area contributed by atoms with Crippen LogP contribution < -0.4 is 5.73 Å². The van der Waals surface area contributed by atoms with Gasteiger partial charge in [0.2, 0.25) is 5.82 Å². The maximum Gasteiger partial charge on any atom is 0.311 e. The fourth-order valence-corrected chi connectivity index (χ4v) is 2.56. The van der Waals surface area contributed by atoms with E-state index < -0.39 is 4.92 Å². The van der Waals surface area contributed by atoms with Crippen LogP contribution in [0.2, 0.25) is 0 Å². The molecule has 0 radical (unpaired) electrons. The molecular weight excluding hydrogens is 286 g/mol. The van der Waals surface area contributed by atoms with E-state index in [1.807, 2.05) is 6.08 Å². The monoisotopic (exact) mass is 305 g/mol. The number of aromatic nitrogens is 1. The van der Waals surface area contributed by atoms with Crippen LogP contribution in [0.25, 0.3) is 5.57 Å². The number of rotatable bonds is 5. The van der Waals surface area contributed by atoms with Crippen molar-refractivity contribution in [3.63, 3.8) is 0 Å². The van der Waals surface area contributed by atoms with Gasteiger partial charge in [0.1, 0.15) is 0 Å². The fraction of sp³-hybridized carbons (Fsp3) is 0.467. The molecular formula is C15H19N3O4. The maximum absolute atomic E-state index is 11.5. The third-order valence-electron chi connectivity index (χ3n) is 3.71. The number of allylic oxidation sites excluding steroid dienone is 2. The second kappa shape index (κ2) is 7.02. The highest BCUT2D eigenvalue weighted by Crippen LogP contribution is 2.32. The van der Waals surface area contributed by atoms with Crippen molar-refractivity contribution in [3.8, 4) is 0 Å². The molecule has 0 saturated heterocycles. The Balaban J connectivity index is 2.03. The van der Waals surface area contributed by atoms with E-state index in [2.05, 4.69) is 4.98 Å². The predicted octanol–water partition coefficient (Wildman–Crippen LogP) is 2.71. The summed E-state index contributed by atoms with van der Waals surface area (Å²) in [5.74, 6) is 0.0392. The Morgan fingerprint density at radius 2 is 2.32 bits per heavy atom. The number of pyridine rings is 1. The Labute approximate surface area is 128 Å². The quantitative estimate of drug-likeness (QED) is 0.509. The Morgan fingerprint density at radius 1 is 1.55 bits per heavy atom. The van der Waals surface area contributed by atoms with Crippen molar-refractivity contribution in [1.29, 1.82) is 0 Å². The lowest BCUT2D eigenvalue weighted by atomic mass is 9.86. The predicted molar refractivity (Wildman–Crippen MR) is 81.9 cm³/mol. The van der Waals surface area contributed by atoms with Crippen LogP contribution in [0.3, 0.4) is 0 Å². The van der Waals surface area contributed by atoms with Crippen molar-refractivity contribution < 1.29 is 14.5 Å². The molecule has 1 aromatic rings. The molecule has 0 amide bonds. The van der Waals surface area contributed by atoms with Gasteiger partial charge >= 0.3 is 11.7 Å². The molecule has 0 aromatic carbocycles. The zero-order valence-electron chi connectivity index (χ0n) is 12.4.